The van der Waals surface area contributed by atoms with Crippen LogP contribution >= 0.6 is 11.3 Å². The van der Waals surface area contributed by atoms with Crippen LogP contribution in [0, 0.1) is 5.92 Å². The van der Waals surface area contributed by atoms with Crippen molar-refractivity contribution in [1.82, 2.24) is 30.1 Å². The third-order valence-electron chi connectivity index (χ3n) is 8.30. The van der Waals surface area contributed by atoms with Gasteiger partial charge in [0, 0.05) is 61.1 Å². The fourth-order valence-corrected chi connectivity index (χ4v) is 6.62. The Balaban J connectivity index is 0.00000142. The van der Waals surface area contributed by atoms with E-state index in [1.165, 1.54) is 25.2 Å². The molecule has 0 spiro atoms. The quantitative estimate of drug-likeness (QED) is 0.183. The summed E-state index contributed by atoms with van der Waals surface area (Å²) in [6.07, 6.45) is 3.06. The number of hydrogen-bond acceptors (Lipinski definition) is 9. The zero-order chi connectivity index (χ0) is 32.6. The van der Waals surface area contributed by atoms with Crippen LogP contribution in [0.1, 0.15) is 82.6 Å². The Labute approximate surface area is 276 Å². The second kappa shape index (κ2) is 13.8. The van der Waals surface area contributed by atoms with Crippen molar-refractivity contribution in [2.45, 2.75) is 84.5 Å². The fourth-order valence-electron chi connectivity index (χ4n) is 5.78. The van der Waals surface area contributed by atoms with Gasteiger partial charge in [-0.1, -0.05) is 43.3 Å². The molecule has 2 amide bonds. The molecule has 2 atom stereocenters. The van der Waals surface area contributed by atoms with Gasteiger partial charge in [0.2, 0.25) is 11.8 Å². The number of nitrogens with zero attached hydrogens (tertiary/aromatic N) is 6. The maximum Gasteiger partial charge on any atom is 0.258 e. The van der Waals surface area contributed by atoms with Gasteiger partial charge in [-0.25, -0.2) is 4.39 Å². The lowest BCUT2D eigenvalue weighted by Crippen LogP contribution is -2.27. The molecule has 7 rings (SSSR count). The maximum atomic E-state index is 14.3. The molecule has 13 heteroatoms. The molecule has 2 aliphatic heterocycles. The number of ether oxygens (including phenoxy) is 1. The Morgan fingerprint density at radius 3 is 2.36 bits per heavy atom. The highest BCUT2D eigenvalue weighted by molar-refractivity contribution is 7.14. The van der Waals surface area contributed by atoms with Crippen LogP contribution in [0.3, 0.4) is 0 Å². The van der Waals surface area contributed by atoms with Crippen molar-refractivity contribution in [3.8, 4) is 33.5 Å². The van der Waals surface area contributed by atoms with E-state index in [1.807, 2.05) is 66.1 Å². The van der Waals surface area contributed by atoms with E-state index < -0.39 is 5.67 Å². The Kier molecular flexibility index (Phi) is 10.0. The minimum absolute atomic E-state index is 0. The molecule has 2 aromatic carbocycles. The van der Waals surface area contributed by atoms with Crippen LogP contribution in [0.25, 0.3) is 22.0 Å². The number of amides is 2. The molecule has 0 N–H and O–H groups in total. The van der Waals surface area contributed by atoms with Crippen molar-refractivity contribution in [2.75, 3.05) is 13.1 Å². The molecule has 1 aliphatic carbocycles. The van der Waals surface area contributed by atoms with Crippen LogP contribution in [0.2, 0.25) is 0 Å². The number of hydrogen-bond donors (Lipinski definition) is 0. The van der Waals surface area contributed by atoms with Gasteiger partial charge in [0.15, 0.2) is 16.5 Å². The molecule has 4 heterocycles. The second-order valence-corrected chi connectivity index (χ2v) is 13.5. The predicted molar refractivity (Wildman–Crippen MR) is 174 cm³/mol. The average Bonchev–Trinajstić information content (AvgIpc) is 3.38. The molecule has 3 aliphatic rings. The fraction of sp³-hybridized carbons (Fsp3) is 0.471. The minimum atomic E-state index is -1.56. The number of halogens is 2. The van der Waals surface area contributed by atoms with Crippen LogP contribution in [0.15, 0.2) is 47.0 Å². The Morgan fingerprint density at radius 1 is 1.00 bits per heavy atom. The van der Waals surface area contributed by atoms with Gasteiger partial charge in [-0.2, -0.15) is 4.98 Å². The summed E-state index contributed by atoms with van der Waals surface area (Å²) in [5, 5.41) is 13.3. The molecule has 0 unspecified atom stereocenters. The summed E-state index contributed by atoms with van der Waals surface area (Å²) >= 11 is 1.22. The van der Waals surface area contributed by atoms with Gasteiger partial charge in [-0.3, -0.25) is 14.3 Å². The normalized spacial score (nSPS) is 19.4. The molecule has 10 nitrogen and oxygen atoms in total. The second-order valence-electron chi connectivity index (χ2n) is 12.6. The number of rotatable bonds is 9. The van der Waals surface area contributed by atoms with Gasteiger partial charge in [0.25, 0.3) is 5.89 Å². The zero-order valence-corrected chi connectivity index (χ0v) is 28.1. The molecular formula is C34H40F2N6O4S. The topological polar surface area (TPSA) is 115 Å². The van der Waals surface area contributed by atoms with E-state index in [4.69, 9.17) is 9.26 Å². The van der Waals surface area contributed by atoms with Crippen LogP contribution in [-0.2, 0) is 21.8 Å². The SMILES string of the molecule is CC.C[C@H]1CC(=O)N(Cc2ccc(-c3nc([C@@H]4CC(=O)N(C5CC5)C4)no3)cc2Oc2ccc(-c3nnc(C(C)(C)F)s3)cc2)C1.F. The van der Waals surface area contributed by atoms with Gasteiger partial charge in [0.1, 0.15) is 16.5 Å². The number of carbonyl (C=O) groups excluding carboxylic acids is 2. The number of likely N-dealkylation sites (tertiary alicyclic amines) is 2. The van der Waals surface area contributed by atoms with E-state index in [9.17, 15) is 14.0 Å². The summed E-state index contributed by atoms with van der Waals surface area (Å²) in [4.78, 5) is 33.5. The van der Waals surface area contributed by atoms with Crippen molar-refractivity contribution in [2.24, 2.45) is 5.92 Å². The first-order chi connectivity index (χ1) is 22.1. The standard InChI is InChI=1S/C32H33FN6O4S.C2H6.FH/c1-18-12-26(40)38(15-18)16-21-5-4-20(29-34-28(37-43-29)22-14-27(41)39(17-22)23-8-9-23)13-25(21)42-24-10-6-19(7-11-24)30-35-36-31(44-30)32(2,3)33;1-2;/h4-7,10-11,13,18,22-23H,8-9,12,14-17H2,1-3H3;1-2H3;1H/t18-,22+;;/m0../s1. The molecule has 1 saturated carbocycles. The van der Waals surface area contributed by atoms with Crippen molar-refractivity contribution in [3.05, 3.63) is 58.9 Å². The highest BCUT2D eigenvalue weighted by Crippen LogP contribution is 2.38. The molecule has 2 aromatic heterocycles. The highest BCUT2D eigenvalue weighted by Gasteiger charge is 2.41. The Morgan fingerprint density at radius 2 is 1.72 bits per heavy atom. The summed E-state index contributed by atoms with van der Waals surface area (Å²) in [7, 11) is 0. The molecule has 250 valence electrons. The van der Waals surface area contributed by atoms with Crippen molar-refractivity contribution >= 4 is 23.2 Å². The van der Waals surface area contributed by atoms with Crippen molar-refractivity contribution in [3.63, 3.8) is 0 Å². The lowest BCUT2D eigenvalue weighted by atomic mass is 10.1. The first-order valence-electron chi connectivity index (χ1n) is 16.0. The summed E-state index contributed by atoms with van der Waals surface area (Å²) in [6.45, 7) is 10.7. The van der Waals surface area contributed by atoms with E-state index in [-0.39, 0.29) is 22.4 Å². The van der Waals surface area contributed by atoms with Gasteiger partial charge in [-0.05, 0) is 69.0 Å². The number of carbonyl (C=O) groups is 2. The lowest BCUT2D eigenvalue weighted by molar-refractivity contribution is -0.129. The Hall–Kier alpha value is -4.26. The summed E-state index contributed by atoms with van der Waals surface area (Å²) in [5.74, 6) is 2.52. The largest absolute Gasteiger partial charge is 0.457 e. The van der Waals surface area contributed by atoms with E-state index in [0.717, 1.165) is 24.0 Å². The predicted octanol–water partition coefficient (Wildman–Crippen LogP) is 7.28. The van der Waals surface area contributed by atoms with Gasteiger partial charge in [0.05, 0.1) is 0 Å². The third kappa shape index (κ3) is 7.50. The number of aromatic nitrogens is 4. The van der Waals surface area contributed by atoms with Crippen LogP contribution < -0.4 is 4.74 Å². The third-order valence-corrected chi connectivity index (χ3v) is 9.57. The molecule has 0 radical (unpaired) electrons. The van der Waals surface area contributed by atoms with E-state index in [0.29, 0.717) is 83.2 Å². The van der Waals surface area contributed by atoms with E-state index in [2.05, 4.69) is 27.3 Å². The molecule has 47 heavy (non-hydrogen) atoms. The maximum absolute atomic E-state index is 14.3. The number of alkyl halides is 1. The van der Waals surface area contributed by atoms with E-state index >= 15 is 0 Å². The smallest absolute Gasteiger partial charge is 0.258 e. The average molecular weight is 667 g/mol. The monoisotopic (exact) mass is 666 g/mol. The minimum Gasteiger partial charge on any atom is -0.457 e. The summed E-state index contributed by atoms with van der Waals surface area (Å²) < 4.78 is 26.4. The van der Waals surface area contributed by atoms with Gasteiger partial charge < -0.3 is 19.1 Å². The Bertz CT molecular complexity index is 1720. The van der Waals surface area contributed by atoms with Crippen LogP contribution in [-0.4, -0.2) is 61.1 Å². The van der Waals surface area contributed by atoms with Crippen LogP contribution in [0.4, 0.5) is 9.09 Å². The van der Waals surface area contributed by atoms with E-state index in [1.54, 1.807) is 0 Å². The zero-order valence-electron chi connectivity index (χ0n) is 27.2. The molecule has 3 fully saturated rings. The first kappa shape index (κ1) is 34.1. The van der Waals surface area contributed by atoms with Crippen LogP contribution in [0.5, 0.6) is 11.5 Å². The molecular weight excluding hydrogens is 626 g/mol. The molecule has 2 saturated heterocycles. The van der Waals surface area contributed by atoms with Gasteiger partial charge >= 0.3 is 0 Å². The van der Waals surface area contributed by atoms with Crippen molar-refractivity contribution in [1.29, 1.82) is 0 Å². The summed E-state index contributed by atoms with van der Waals surface area (Å²) in [6, 6.07) is 13.4. The molecule has 0 bridgehead atoms. The van der Waals surface area contributed by atoms with Crippen molar-refractivity contribution < 1.29 is 27.9 Å². The summed E-state index contributed by atoms with van der Waals surface area (Å²) in [5.41, 5.74) is 0.777. The lowest BCUT2D eigenvalue weighted by Gasteiger charge is -2.19. The highest BCUT2D eigenvalue weighted by atomic mass is 32.1. The number of benzene rings is 2. The molecule has 4 aromatic rings. The van der Waals surface area contributed by atoms with Gasteiger partial charge in [-0.15, -0.1) is 10.2 Å². The first-order valence-corrected chi connectivity index (χ1v) is 16.8.